The van der Waals surface area contributed by atoms with Gasteiger partial charge in [-0.15, -0.1) is 0 Å². The van der Waals surface area contributed by atoms with Crippen LogP contribution in [0.2, 0.25) is 0 Å². The third kappa shape index (κ3) is 1.84. The minimum atomic E-state index is -0.580. The highest BCUT2D eigenvalue weighted by Crippen LogP contribution is 2.06. The predicted molar refractivity (Wildman–Crippen MR) is 63.9 cm³/mol. The summed E-state index contributed by atoms with van der Waals surface area (Å²) in [4.78, 5) is 15.3. The van der Waals surface area contributed by atoms with Crippen molar-refractivity contribution in [3.63, 3.8) is 0 Å². The van der Waals surface area contributed by atoms with E-state index >= 15 is 0 Å². The van der Waals surface area contributed by atoms with E-state index in [1.54, 1.807) is 10.9 Å². The fraction of sp³-hybridized carbons (Fsp3) is 0.0833. The minimum absolute atomic E-state index is 0.138. The molecular weight excluding hydrogens is 230 g/mol. The highest BCUT2D eigenvalue weighted by molar-refractivity contribution is 5.90. The van der Waals surface area contributed by atoms with Gasteiger partial charge in [0.05, 0.1) is 12.2 Å². The molecule has 6 heteroatoms. The number of rotatable bonds is 3. The van der Waals surface area contributed by atoms with Gasteiger partial charge in [0.2, 0.25) is 0 Å². The Kier molecular flexibility index (Phi) is 2.33. The minimum Gasteiger partial charge on any atom is -0.364 e. The van der Waals surface area contributed by atoms with Gasteiger partial charge in [0.1, 0.15) is 5.65 Å². The molecule has 0 bridgehead atoms. The molecule has 2 N–H and O–H groups in total. The topological polar surface area (TPSA) is 78.2 Å². The lowest BCUT2D eigenvalue weighted by Crippen LogP contribution is -2.12. The molecule has 18 heavy (non-hydrogen) atoms. The Balaban J connectivity index is 1.88. The smallest absolute Gasteiger partial charge is 0.269 e. The fourth-order valence-electron chi connectivity index (χ4n) is 1.75. The summed E-state index contributed by atoms with van der Waals surface area (Å²) in [6, 6.07) is 8.49. The molecule has 0 fully saturated rings. The molecule has 0 saturated carbocycles. The van der Waals surface area contributed by atoms with Crippen LogP contribution in [0.5, 0.6) is 0 Å². The van der Waals surface area contributed by atoms with E-state index in [9.17, 15) is 4.79 Å². The van der Waals surface area contributed by atoms with Crippen molar-refractivity contribution >= 4 is 11.6 Å². The summed E-state index contributed by atoms with van der Waals surface area (Å²) in [6.07, 6.45) is 5.43. The molecule has 0 aliphatic carbocycles. The molecule has 0 aromatic carbocycles. The first kappa shape index (κ1) is 10.5. The summed E-state index contributed by atoms with van der Waals surface area (Å²) in [7, 11) is 0. The molecule has 1 amide bonds. The fourth-order valence-corrected chi connectivity index (χ4v) is 1.75. The van der Waals surface area contributed by atoms with Crippen LogP contribution in [0.25, 0.3) is 5.65 Å². The molecule has 3 rings (SSSR count). The second-order valence-electron chi connectivity index (χ2n) is 3.88. The van der Waals surface area contributed by atoms with Crippen molar-refractivity contribution < 1.29 is 4.79 Å². The first-order chi connectivity index (χ1) is 8.72. The highest BCUT2D eigenvalue weighted by atomic mass is 16.1. The van der Waals surface area contributed by atoms with Gasteiger partial charge in [0.25, 0.3) is 5.91 Å². The van der Waals surface area contributed by atoms with Crippen LogP contribution in [0.3, 0.4) is 0 Å². The number of hydrogen-bond acceptors (Lipinski definition) is 3. The number of nitrogens with zero attached hydrogens (tertiary/aromatic N) is 4. The molecule has 0 atom stereocenters. The number of carbonyl (C=O) groups is 1. The van der Waals surface area contributed by atoms with Crippen molar-refractivity contribution in [1.29, 1.82) is 0 Å². The number of fused-ring (bicyclic) bond motifs is 1. The van der Waals surface area contributed by atoms with Gasteiger partial charge < -0.3 is 10.1 Å². The Morgan fingerprint density at radius 3 is 3.06 bits per heavy atom. The van der Waals surface area contributed by atoms with Gasteiger partial charge in [-0.05, 0) is 12.1 Å². The monoisotopic (exact) mass is 240 g/mol. The Morgan fingerprint density at radius 1 is 1.44 bits per heavy atom. The molecule has 0 saturated heterocycles. The average Bonchev–Trinajstić information content (AvgIpc) is 2.94. The lowest BCUT2D eigenvalue weighted by Gasteiger charge is -1.95. The first-order valence-corrected chi connectivity index (χ1v) is 5.40. The van der Waals surface area contributed by atoms with Crippen LogP contribution in [0.15, 0.2) is 36.8 Å². The molecule has 3 heterocycles. The van der Waals surface area contributed by atoms with Gasteiger partial charge >= 0.3 is 0 Å². The molecule has 6 nitrogen and oxygen atoms in total. The largest absolute Gasteiger partial charge is 0.364 e. The zero-order valence-corrected chi connectivity index (χ0v) is 9.45. The van der Waals surface area contributed by atoms with Crippen molar-refractivity contribution in [1.82, 2.24) is 19.2 Å². The van der Waals surface area contributed by atoms with Crippen LogP contribution >= 0.6 is 0 Å². The second kappa shape index (κ2) is 3.99. The maximum absolute atomic E-state index is 10.9. The number of imidazole rings is 1. The summed E-state index contributed by atoms with van der Waals surface area (Å²) >= 11 is 0. The van der Waals surface area contributed by atoms with Crippen molar-refractivity contribution in [2.24, 2.45) is 5.73 Å². The summed E-state index contributed by atoms with van der Waals surface area (Å²) in [5.74, 6) is -0.580. The van der Waals surface area contributed by atoms with Crippen molar-refractivity contribution in [3.05, 3.63) is 54.2 Å². The van der Waals surface area contributed by atoms with Gasteiger partial charge in [-0.3, -0.25) is 9.48 Å². The third-order valence-electron chi connectivity index (χ3n) is 2.55. The van der Waals surface area contributed by atoms with Gasteiger partial charge in [-0.25, -0.2) is 4.98 Å². The summed E-state index contributed by atoms with van der Waals surface area (Å²) < 4.78 is 3.51. The molecule has 0 unspecified atom stereocenters. The van der Waals surface area contributed by atoms with E-state index < -0.39 is 5.91 Å². The third-order valence-corrected chi connectivity index (χ3v) is 2.55. The molecule has 89 valence electrons. The predicted octanol–water partition coefficient (Wildman–Crippen LogP) is 0.478. The summed E-state index contributed by atoms with van der Waals surface area (Å²) in [6.45, 7) is 0.478. The maximum Gasteiger partial charge on any atom is 0.269 e. The maximum atomic E-state index is 10.9. The van der Waals surface area contributed by atoms with Crippen LogP contribution < -0.4 is 5.73 Å². The van der Waals surface area contributed by atoms with Gasteiger partial charge in [0, 0.05) is 24.7 Å². The number of hydrogen-bond donors (Lipinski definition) is 1. The van der Waals surface area contributed by atoms with E-state index in [4.69, 9.17) is 5.73 Å². The Bertz CT molecular complexity index is 679. The number of aromatic nitrogens is 4. The molecule has 3 aromatic rings. The van der Waals surface area contributed by atoms with E-state index in [1.165, 1.54) is 0 Å². The van der Waals surface area contributed by atoms with Crippen LogP contribution in [0, 0.1) is 6.07 Å². The number of pyridine rings is 1. The standard InChI is InChI=1S/C12H10N5O/c13-12(18)10-4-6-17(15-10)8-9-7-16-5-2-1-3-11(16)14-9/h1-3,5-7H,8H2,(H2,13,18). The number of carbonyl (C=O) groups excluding carboxylic acids is 1. The summed E-state index contributed by atoms with van der Waals surface area (Å²) in [5.41, 5.74) is 6.98. The van der Waals surface area contributed by atoms with Gasteiger partial charge in [0.15, 0.2) is 5.69 Å². The number of nitrogens with two attached hydrogens (primary N) is 1. The number of amides is 1. The van der Waals surface area contributed by atoms with Crippen LogP contribution in [0.4, 0.5) is 0 Å². The van der Waals surface area contributed by atoms with E-state index in [2.05, 4.69) is 16.1 Å². The lowest BCUT2D eigenvalue weighted by molar-refractivity contribution is 0.0994. The molecule has 3 aromatic heterocycles. The molecule has 0 aliphatic rings. The van der Waals surface area contributed by atoms with E-state index in [0.29, 0.717) is 6.54 Å². The summed E-state index contributed by atoms with van der Waals surface area (Å²) in [5, 5.41) is 4.01. The Labute approximate surface area is 103 Å². The SMILES string of the molecule is NC(=O)c1[c]cn(Cc2cn3ccccc3n2)n1. The Morgan fingerprint density at radius 2 is 2.33 bits per heavy atom. The quantitative estimate of drug-likeness (QED) is 0.723. The lowest BCUT2D eigenvalue weighted by atomic mass is 10.4. The highest BCUT2D eigenvalue weighted by Gasteiger charge is 2.07. The van der Waals surface area contributed by atoms with Gasteiger partial charge in [-0.2, -0.15) is 5.10 Å². The molecule has 0 aliphatic heterocycles. The van der Waals surface area contributed by atoms with Crippen LogP contribution in [-0.2, 0) is 6.54 Å². The zero-order valence-electron chi connectivity index (χ0n) is 9.45. The second-order valence-corrected chi connectivity index (χ2v) is 3.88. The van der Waals surface area contributed by atoms with Crippen LogP contribution in [0.1, 0.15) is 16.2 Å². The van der Waals surface area contributed by atoms with Crippen molar-refractivity contribution in [2.75, 3.05) is 0 Å². The van der Waals surface area contributed by atoms with Crippen LogP contribution in [-0.4, -0.2) is 25.1 Å². The van der Waals surface area contributed by atoms with Gasteiger partial charge in [-0.1, -0.05) is 6.07 Å². The number of primary amides is 1. The molecule has 1 radical (unpaired) electrons. The van der Waals surface area contributed by atoms with Crippen molar-refractivity contribution in [2.45, 2.75) is 6.54 Å². The van der Waals surface area contributed by atoms with E-state index in [0.717, 1.165) is 11.3 Å². The molecular formula is C12H10N5O. The van der Waals surface area contributed by atoms with E-state index in [1.807, 2.05) is 35.0 Å². The molecule has 0 spiro atoms. The zero-order chi connectivity index (χ0) is 12.5. The van der Waals surface area contributed by atoms with Crippen molar-refractivity contribution in [3.8, 4) is 0 Å². The van der Waals surface area contributed by atoms with E-state index in [-0.39, 0.29) is 5.69 Å². The Hall–Kier alpha value is -2.63. The first-order valence-electron chi connectivity index (χ1n) is 5.40. The average molecular weight is 240 g/mol. The normalized spacial score (nSPS) is 10.9.